The van der Waals surface area contributed by atoms with Crippen LogP contribution in [-0.4, -0.2) is 12.0 Å². The Labute approximate surface area is 118 Å². The van der Waals surface area contributed by atoms with Crippen LogP contribution in [0.4, 0.5) is 17.2 Å². The normalized spacial score (nSPS) is 13.4. The van der Waals surface area contributed by atoms with E-state index in [1.54, 1.807) is 0 Å². The SMILES string of the molecule is Cc1ccc2c(c1C)N(C)Cc1ccc(Cl)nc1N2. The van der Waals surface area contributed by atoms with Crippen molar-refractivity contribution in [3.63, 3.8) is 0 Å². The van der Waals surface area contributed by atoms with E-state index < -0.39 is 0 Å². The first-order chi connectivity index (χ1) is 9.06. The van der Waals surface area contributed by atoms with E-state index in [9.17, 15) is 0 Å². The third-order valence-corrected chi connectivity index (χ3v) is 3.90. The fourth-order valence-corrected chi connectivity index (χ4v) is 2.70. The predicted octanol–water partition coefficient (Wildman–Crippen LogP) is 4.05. The number of pyridine rings is 1. The van der Waals surface area contributed by atoms with Crippen LogP contribution < -0.4 is 10.2 Å². The zero-order valence-electron chi connectivity index (χ0n) is 11.3. The highest BCUT2D eigenvalue weighted by Crippen LogP contribution is 2.37. The average molecular weight is 274 g/mol. The monoisotopic (exact) mass is 273 g/mol. The van der Waals surface area contributed by atoms with Crippen molar-refractivity contribution in [2.24, 2.45) is 0 Å². The third-order valence-electron chi connectivity index (χ3n) is 3.69. The van der Waals surface area contributed by atoms with Gasteiger partial charge in [-0.05, 0) is 37.1 Å². The minimum atomic E-state index is 0.515. The third kappa shape index (κ3) is 2.04. The summed E-state index contributed by atoms with van der Waals surface area (Å²) >= 11 is 5.99. The summed E-state index contributed by atoms with van der Waals surface area (Å²) in [5, 5.41) is 3.92. The Hall–Kier alpha value is -1.74. The highest BCUT2D eigenvalue weighted by molar-refractivity contribution is 6.29. The molecule has 0 atom stereocenters. The molecule has 0 amide bonds. The Bertz CT molecular complexity index is 652. The highest BCUT2D eigenvalue weighted by Gasteiger charge is 2.19. The lowest BCUT2D eigenvalue weighted by Gasteiger charge is -2.22. The molecule has 19 heavy (non-hydrogen) atoms. The van der Waals surface area contributed by atoms with Gasteiger partial charge in [-0.3, -0.25) is 0 Å². The van der Waals surface area contributed by atoms with Gasteiger partial charge in [-0.15, -0.1) is 0 Å². The molecule has 4 heteroatoms. The summed E-state index contributed by atoms with van der Waals surface area (Å²) in [5.41, 5.74) is 6.06. The summed E-state index contributed by atoms with van der Waals surface area (Å²) in [4.78, 5) is 6.64. The standard InChI is InChI=1S/C15H16ClN3/c1-9-4-6-12-14(10(9)2)19(3)8-11-5-7-13(16)18-15(11)17-12/h4-7H,8H2,1-3H3,(H,17,18). The Kier molecular flexibility index (Phi) is 2.86. The van der Waals surface area contributed by atoms with E-state index in [1.165, 1.54) is 16.8 Å². The molecule has 0 radical (unpaired) electrons. The van der Waals surface area contributed by atoms with Crippen molar-refractivity contribution in [2.75, 3.05) is 17.3 Å². The number of halogens is 1. The molecule has 2 heterocycles. The molecule has 2 aromatic rings. The number of benzene rings is 1. The fourth-order valence-electron chi connectivity index (χ4n) is 2.56. The van der Waals surface area contributed by atoms with Crippen molar-refractivity contribution in [1.29, 1.82) is 0 Å². The van der Waals surface area contributed by atoms with E-state index in [1.807, 2.05) is 12.1 Å². The molecule has 3 nitrogen and oxygen atoms in total. The zero-order chi connectivity index (χ0) is 13.6. The number of hydrogen-bond acceptors (Lipinski definition) is 3. The van der Waals surface area contributed by atoms with Gasteiger partial charge in [-0.2, -0.15) is 0 Å². The maximum absolute atomic E-state index is 5.99. The minimum Gasteiger partial charge on any atom is -0.368 e. The maximum atomic E-state index is 5.99. The van der Waals surface area contributed by atoms with Crippen LogP contribution in [0.15, 0.2) is 24.3 Å². The molecule has 0 saturated heterocycles. The number of aryl methyl sites for hydroxylation is 1. The molecule has 1 aliphatic heterocycles. The second-order valence-electron chi connectivity index (χ2n) is 5.03. The average Bonchev–Trinajstić information content (AvgIpc) is 2.50. The number of nitrogens with zero attached hydrogens (tertiary/aromatic N) is 2. The Balaban J connectivity index is 2.18. The van der Waals surface area contributed by atoms with Crippen molar-refractivity contribution in [3.8, 4) is 0 Å². The van der Waals surface area contributed by atoms with Crippen molar-refractivity contribution in [3.05, 3.63) is 46.1 Å². The lowest BCUT2D eigenvalue weighted by molar-refractivity contribution is 0.923. The van der Waals surface area contributed by atoms with Gasteiger partial charge in [0.1, 0.15) is 11.0 Å². The predicted molar refractivity (Wildman–Crippen MR) is 80.6 cm³/mol. The van der Waals surface area contributed by atoms with Crippen LogP contribution in [0, 0.1) is 13.8 Å². The zero-order valence-corrected chi connectivity index (χ0v) is 12.0. The first kappa shape index (κ1) is 12.3. The van der Waals surface area contributed by atoms with Gasteiger partial charge in [-0.1, -0.05) is 23.7 Å². The molecule has 1 N–H and O–H groups in total. The first-order valence-corrected chi connectivity index (χ1v) is 6.68. The number of anilines is 3. The molecular formula is C15H16ClN3. The number of rotatable bonds is 0. The molecule has 0 spiro atoms. The molecule has 0 fully saturated rings. The Morgan fingerprint density at radius 2 is 2.00 bits per heavy atom. The van der Waals surface area contributed by atoms with Crippen molar-refractivity contribution >= 4 is 28.8 Å². The quantitative estimate of drug-likeness (QED) is 0.734. The summed E-state index contributed by atoms with van der Waals surface area (Å²) < 4.78 is 0. The molecule has 1 aromatic heterocycles. The van der Waals surface area contributed by atoms with Gasteiger partial charge in [0, 0.05) is 19.2 Å². The van der Waals surface area contributed by atoms with Crippen molar-refractivity contribution < 1.29 is 0 Å². The smallest absolute Gasteiger partial charge is 0.137 e. The molecule has 1 aromatic carbocycles. The van der Waals surface area contributed by atoms with Gasteiger partial charge in [0.2, 0.25) is 0 Å². The van der Waals surface area contributed by atoms with E-state index in [0.29, 0.717) is 5.15 Å². The summed E-state index contributed by atoms with van der Waals surface area (Å²) in [7, 11) is 2.11. The lowest BCUT2D eigenvalue weighted by atomic mass is 10.1. The highest BCUT2D eigenvalue weighted by atomic mass is 35.5. The van der Waals surface area contributed by atoms with Gasteiger partial charge in [0.15, 0.2) is 0 Å². The second kappa shape index (κ2) is 4.42. The molecule has 0 aliphatic carbocycles. The van der Waals surface area contributed by atoms with Gasteiger partial charge in [-0.25, -0.2) is 4.98 Å². The van der Waals surface area contributed by atoms with E-state index in [4.69, 9.17) is 11.6 Å². The van der Waals surface area contributed by atoms with Crippen LogP contribution in [0.25, 0.3) is 0 Å². The summed E-state index contributed by atoms with van der Waals surface area (Å²) in [5.74, 6) is 0.848. The van der Waals surface area contributed by atoms with E-state index in [0.717, 1.165) is 23.6 Å². The largest absolute Gasteiger partial charge is 0.368 e. The number of hydrogen-bond donors (Lipinski definition) is 1. The number of fused-ring (bicyclic) bond motifs is 2. The summed E-state index contributed by atoms with van der Waals surface area (Å²) in [6, 6.07) is 8.10. The molecule has 3 rings (SSSR count). The van der Waals surface area contributed by atoms with Crippen molar-refractivity contribution in [1.82, 2.24) is 4.98 Å². The van der Waals surface area contributed by atoms with Gasteiger partial charge >= 0.3 is 0 Å². The molecule has 1 aliphatic rings. The lowest BCUT2D eigenvalue weighted by Crippen LogP contribution is -2.17. The molecule has 0 unspecified atom stereocenters. The Morgan fingerprint density at radius 1 is 1.21 bits per heavy atom. The molecular weight excluding hydrogens is 258 g/mol. The maximum Gasteiger partial charge on any atom is 0.137 e. The van der Waals surface area contributed by atoms with Gasteiger partial charge in [0.05, 0.1) is 11.4 Å². The summed E-state index contributed by atoms with van der Waals surface area (Å²) in [6.07, 6.45) is 0. The van der Waals surface area contributed by atoms with Crippen LogP contribution in [-0.2, 0) is 6.54 Å². The van der Waals surface area contributed by atoms with E-state index in [2.05, 4.69) is 48.2 Å². The van der Waals surface area contributed by atoms with Crippen LogP contribution >= 0.6 is 11.6 Å². The van der Waals surface area contributed by atoms with E-state index >= 15 is 0 Å². The number of aromatic nitrogens is 1. The molecule has 0 bridgehead atoms. The van der Waals surface area contributed by atoms with E-state index in [-0.39, 0.29) is 0 Å². The van der Waals surface area contributed by atoms with Crippen molar-refractivity contribution in [2.45, 2.75) is 20.4 Å². The fraction of sp³-hybridized carbons (Fsp3) is 0.267. The van der Waals surface area contributed by atoms with Crippen LogP contribution in [0.5, 0.6) is 0 Å². The van der Waals surface area contributed by atoms with Crippen LogP contribution in [0.2, 0.25) is 5.15 Å². The molecule has 98 valence electrons. The second-order valence-corrected chi connectivity index (χ2v) is 5.41. The minimum absolute atomic E-state index is 0.515. The van der Waals surface area contributed by atoms with Gasteiger partial charge < -0.3 is 10.2 Å². The topological polar surface area (TPSA) is 28.2 Å². The number of nitrogens with one attached hydrogen (secondary N) is 1. The van der Waals surface area contributed by atoms with Crippen LogP contribution in [0.3, 0.4) is 0 Å². The first-order valence-electron chi connectivity index (χ1n) is 6.30. The molecule has 0 saturated carbocycles. The summed E-state index contributed by atoms with van der Waals surface area (Å²) in [6.45, 7) is 5.11. The Morgan fingerprint density at radius 3 is 2.79 bits per heavy atom. The van der Waals surface area contributed by atoms with Crippen LogP contribution in [0.1, 0.15) is 16.7 Å². The van der Waals surface area contributed by atoms with Gasteiger partial charge in [0.25, 0.3) is 0 Å².